The van der Waals surface area contributed by atoms with Crippen LogP contribution in [0.5, 0.6) is 0 Å². The Kier molecular flexibility index (Phi) is 5.42. The fourth-order valence-corrected chi connectivity index (χ4v) is 3.97. The molecular formula is C24H25N5O2. The number of nitrogens with zero attached hydrogens (tertiary/aromatic N) is 3. The number of anilines is 1. The van der Waals surface area contributed by atoms with Crippen molar-refractivity contribution in [1.82, 2.24) is 19.9 Å². The van der Waals surface area contributed by atoms with Gasteiger partial charge in [0.15, 0.2) is 0 Å². The molecule has 1 unspecified atom stereocenters. The van der Waals surface area contributed by atoms with Crippen molar-refractivity contribution in [2.75, 3.05) is 12.3 Å². The van der Waals surface area contributed by atoms with Crippen molar-refractivity contribution in [3.63, 3.8) is 0 Å². The second-order valence-electron chi connectivity index (χ2n) is 7.92. The molecule has 158 valence electrons. The van der Waals surface area contributed by atoms with Gasteiger partial charge >= 0.3 is 0 Å². The fraction of sp³-hybridized carbons (Fsp3) is 0.250. The lowest BCUT2D eigenvalue weighted by atomic mass is 9.86. The fourth-order valence-electron chi connectivity index (χ4n) is 3.97. The van der Waals surface area contributed by atoms with Crippen LogP contribution in [0.1, 0.15) is 42.7 Å². The third-order valence-corrected chi connectivity index (χ3v) is 5.39. The standard InChI is InChI=1S/C24H25N5O2/c1-4-26-22(30)20(14(2)3)15-9-10-19-18(11-15)21(28-24(25)27-19)23(31)29-12-16-7-5-6-8-17(16)13-29/h5-14,20H,4H2,1-3H3,(H,26,30)(H2,25,27,28). The number of nitrogens with two attached hydrogens (primary N) is 1. The molecule has 0 saturated heterocycles. The second kappa shape index (κ2) is 8.18. The molecule has 7 nitrogen and oxygen atoms in total. The Morgan fingerprint density at radius 1 is 1.06 bits per heavy atom. The van der Waals surface area contributed by atoms with Gasteiger partial charge in [-0.2, -0.15) is 0 Å². The van der Waals surface area contributed by atoms with Gasteiger partial charge in [-0.05, 0) is 41.3 Å². The van der Waals surface area contributed by atoms with Crippen LogP contribution in [0, 0.1) is 5.92 Å². The van der Waals surface area contributed by atoms with E-state index in [9.17, 15) is 9.59 Å². The zero-order valence-corrected chi connectivity index (χ0v) is 17.8. The summed E-state index contributed by atoms with van der Waals surface area (Å²) in [5, 5.41) is 5.39. The molecule has 7 heteroatoms. The topological polar surface area (TPSA) is 103 Å². The molecule has 2 heterocycles. The Bertz CT molecular complexity index is 1260. The first-order valence-electron chi connectivity index (χ1n) is 10.4. The molecule has 0 bridgehead atoms. The van der Waals surface area contributed by atoms with Gasteiger partial charge in [0, 0.05) is 24.3 Å². The van der Waals surface area contributed by atoms with E-state index >= 15 is 0 Å². The van der Waals surface area contributed by atoms with Crippen molar-refractivity contribution in [1.29, 1.82) is 0 Å². The maximum atomic E-state index is 13.4. The maximum absolute atomic E-state index is 13.4. The molecule has 4 aromatic rings. The third-order valence-electron chi connectivity index (χ3n) is 5.39. The van der Waals surface area contributed by atoms with Crippen molar-refractivity contribution in [2.24, 2.45) is 5.92 Å². The minimum atomic E-state index is -0.348. The number of likely N-dealkylation sites (N-methyl/N-ethyl adjacent to an activating group) is 1. The largest absolute Gasteiger partial charge is 0.368 e. The highest BCUT2D eigenvalue weighted by Crippen LogP contribution is 2.29. The minimum Gasteiger partial charge on any atom is -0.368 e. The van der Waals surface area contributed by atoms with Gasteiger partial charge < -0.3 is 11.1 Å². The van der Waals surface area contributed by atoms with Crippen molar-refractivity contribution in [3.05, 3.63) is 66.1 Å². The van der Waals surface area contributed by atoms with Crippen LogP contribution >= 0.6 is 0 Å². The van der Waals surface area contributed by atoms with E-state index in [2.05, 4.69) is 15.3 Å². The Morgan fingerprint density at radius 3 is 2.35 bits per heavy atom. The lowest BCUT2D eigenvalue weighted by molar-refractivity contribution is -0.123. The molecule has 0 radical (unpaired) electrons. The molecule has 1 atom stereocenters. The van der Waals surface area contributed by atoms with Crippen molar-refractivity contribution in [2.45, 2.75) is 26.7 Å². The summed E-state index contributed by atoms with van der Waals surface area (Å²) in [5.74, 6) is -0.583. The number of nitrogens with one attached hydrogen (secondary N) is 1. The van der Waals surface area contributed by atoms with Gasteiger partial charge in [-0.15, -0.1) is 0 Å². The van der Waals surface area contributed by atoms with Crippen molar-refractivity contribution < 1.29 is 9.59 Å². The Hall–Kier alpha value is -3.74. The van der Waals surface area contributed by atoms with Crippen LogP contribution < -0.4 is 11.1 Å². The summed E-state index contributed by atoms with van der Waals surface area (Å²) >= 11 is 0. The molecular weight excluding hydrogens is 390 g/mol. The van der Waals surface area contributed by atoms with Gasteiger partial charge in [-0.1, -0.05) is 44.2 Å². The van der Waals surface area contributed by atoms with Gasteiger partial charge in [0.05, 0.1) is 11.4 Å². The predicted molar refractivity (Wildman–Crippen MR) is 122 cm³/mol. The van der Waals surface area contributed by atoms with Crippen molar-refractivity contribution in [3.8, 4) is 0 Å². The van der Waals surface area contributed by atoms with Gasteiger partial charge in [0.1, 0.15) is 5.69 Å². The van der Waals surface area contributed by atoms with Gasteiger partial charge in [0.25, 0.3) is 5.91 Å². The highest BCUT2D eigenvalue weighted by Gasteiger charge is 2.25. The van der Waals surface area contributed by atoms with Crippen LogP contribution in [0.15, 0.2) is 54.9 Å². The SMILES string of the molecule is CCNC(=O)C(c1ccc2nc(N)nc(C(=O)n3cc4ccccc4c3)c2c1)C(C)C. The molecule has 0 saturated carbocycles. The van der Waals surface area contributed by atoms with Crippen LogP contribution in [-0.4, -0.2) is 32.9 Å². The average molecular weight is 415 g/mol. The lowest BCUT2D eigenvalue weighted by Gasteiger charge is -2.21. The molecule has 1 amide bonds. The van der Waals surface area contributed by atoms with Crippen LogP contribution in [0.4, 0.5) is 5.95 Å². The summed E-state index contributed by atoms with van der Waals surface area (Å²) < 4.78 is 1.52. The van der Waals surface area contributed by atoms with Gasteiger partial charge in [0.2, 0.25) is 11.9 Å². The molecule has 2 aromatic carbocycles. The molecule has 0 aliphatic heterocycles. The van der Waals surface area contributed by atoms with E-state index in [4.69, 9.17) is 5.73 Å². The first-order chi connectivity index (χ1) is 14.9. The maximum Gasteiger partial charge on any atom is 0.281 e. The number of benzene rings is 2. The minimum absolute atomic E-state index is 0.0319. The molecule has 0 spiro atoms. The van der Waals surface area contributed by atoms with E-state index < -0.39 is 0 Å². The number of fused-ring (bicyclic) bond motifs is 2. The first-order valence-corrected chi connectivity index (χ1v) is 10.4. The number of rotatable bonds is 5. The highest BCUT2D eigenvalue weighted by atomic mass is 16.2. The summed E-state index contributed by atoms with van der Waals surface area (Å²) in [6.07, 6.45) is 3.55. The third kappa shape index (κ3) is 3.86. The summed E-state index contributed by atoms with van der Waals surface area (Å²) in [6, 6.07) is 13.2. The molecule has 0 fully saturated rings. The van der Waals surface area contributed by atoms with E-state index in [1.807, 2.05) is 57.2 Å². The number of aromatic nitrogens is 3. The molecule has 0 aliphatic carbocycles. The van der Waals surface area contributed by atoms with Crippen LogP contribution in [0.3, 0.4) is 0 Å². The summed E-state index contributed by atoms with van der Waals surface area (Å²) in [6.45, 7) is 6.45. The van der Waals surface area contributed by atoms with E-state index in [1.165, 1.54) is 4.57 Å². The van der Waals surface area contributed by atoms with Gasteiger partial charge in [-0.25, -0.2) is 9.97 Å². The summed E-state index contributed by atoms with van der Waals surface area (Å²) in [7, 11) is 0. The van der Waals surface area contributed by atoms with E-state index in [1.54, 1.807) is 18.5 Å². The smallest absolute Gasteiger partial charge is 0.281 e. The number of hydrogen-bond donors (Lipinski definition) is 2. The van der Waals surface area contributed by atoms with Crippen LogP contribution in [0.25, 0.3) is 21.7 Å². The van der Waals surface area contributed by atoms with E-state index in [0.717, 1.165) is 16.3 Å². The average Bonchev–Trinajstić information content (AvgIpc) is 3.17. The van der Waals surface area contributed by atoms with Crippen LogP contribution in [-0.2, 0) is 4.79 Å². The zero-order chi connectivity index (χ0) is 22.1. The molecule has 0 aliphatic rings. The number of carbonyl (C=O) groups is 2. The predicted octanol–water partition coefficient (Wildman–Crippen LogP) is 3.73. The lowest BCUT2D eigenvalue weighted by Crippen LogP contribution is -2.31. The Labute approximate surface area is 180 Å². The number of carbonyl (C=O) groups excluding carboxylic acids is 2. The molecule has 2 aromatic heterocycles. The van der Waals surface area contributed by atoms with Crippen LogP contribution in [0.2, 0.25) is 0 Å². The summed E-state index contributed by atoms with van der Waals surface area (Å²) in [4.78, 5) is 34.6. The van der Waals surface area contributed by atoms with E-state index in [-0.39, 0.29) is 35.3 Å². The van der Waals surface area contributed by atoms with E-state index in [0.29, 0.717) is 17.4 Å². The molecule has 31 heavy (non-hydrogen) atoms. The Morgan fingerprint density at radius 2 is 1.74 bits per heavy atom. The van der Waals surface area contributed by atoms with Gasteiger partial charge in [-0.3, -0.25) is 14.2 Å². The molecule has 4 rings (SSSR count). The molecule has 3 N–H and O–H groups in total. The monoisotopic (exact) mass is 415 g/mol. The van der Waals surface area contributed by atoms with Crippen molar-refractivity contribution >= 4 is 39.4 Å². The first kappa shape index (κ1) is 20.5. The second-order valence-corrected chi connectivity index (χ2v) is 7.92. The number of hydrogen-bond acceptors (Lipinski definition) is 5. The zero-order valence-electron chi connectivity index (χ0n) is 17.8. The number of amides is 1. The highest BCUT2D eigenvalue weighted by molar-refractivity contribution is 6.07. The normalized spacial score (nSPS) is 12.4. The summed E-state index contributed by atoms with van der Waals surface area (Å²) in [5.41, 5.74) is 7.49. The Balaban J connectivity index is 1.85. The number of nitrogen functional groups attached to an aromatic ring is 1. The quantitative estimate of drug-likeness (QED) is 0.517.